The zero-order valence-electron chi connectivity index (χ0n) is 18.7. The van der Waals surface area contributed by atoms with Gasteiger partial charge in [0, 0.05) is 30.0 Å². The van der Waals surface area contributed by atoms with Crippen LogP contribution in [0.1, 0.15) is 12.0 Å². The Hall–Kier alpha value is -3.68. The van der Waals surface area contributed by atoms with Crippen LogP contribution >= 0.6 is 0 Å². The van der Waals surface area contributed by atoms with Gasteiger partial charge in [-0.2, -0.15) is 0 Å². The molecule has 36 heavy (non-hydrogen) atoms. The number of phenolic OH excluding ortho intramolecular Hbond substituents is 1. The number of aromatic hydroxyl groups is 1. The van der Waals surface area contributed by atoms with Crippen molar-refractivity contribution in [3.05, 3.63) is 58.4 Å². The molecule has 12 nitrogen and oxygen atoms in total. The maximum atomic E-state index is 11.6. The molecule has 2 aromatic carbocycles. The van der Waals surface area contributed by atoms with Gasteiger partial charge >= 0.3 is 11.6 Å². The highest BCUT2D eigenvalue weighted by atomic mass is 16.7. The van der Waals surface area contributed by atoms with E-state index in [-0.39, 0.29) is 47.0 Å². The number of fused-ring (bicyclic) bond motifs is 1. The lowest BCUT2D eigenvalue weighted by Crippen LogP contribution is -2.60. The molecule has 2 heterocycles. The van der Waals surface area contributed by atoms with E-state index in [4.69, 9.17) is 23.7 Å². The van der Waals surface area contributed by atoms with Crippen molar-refractivity contribution in [1.82, 2.24) is 0 Å². The van der Waals surface area contributed by atoms with Crippen LogP contribution < -0.4 is 15.1 Å². The summed E-state index contributed by atoms with van der Waals surface area (Å²) in [5, 5.41) is 59.9. The predicted molar refractivity (Wildman–Crippen MR) is 121 cm³/mol. The Kier molecular flexibility index (Phi) is 7.43. The van der Waals surface area contributed by atoms with Gasteiger partial charge in [0.25, 0.3) is 0 Å². The van der Waals surface area contributed by atoms with E-state index in [1.807, 2.05) is 0 Å². The maximum absolute atomic E-state index is 11.6. The Morgan fingerprint density at radius 2 is 1.72 bits per heavy atom. The lowest BCUT2D eigenvalue weighted by atomic mass is 9.99. The molecule has 5 atom stereocenters. The van der Waals surface area contributed by atoms with Crippen molar-refractivity contribution in [2.75, 3.05) is 6.61 Å². The summed E-state index contributed by atoms with van der Waals surface area (Å²) in [6.07, 6.45) is -8.13. The fourth-order valence-electron chi connectivity index (χ4n) is 3.73. The van der Waals surface area contributed by atoms with E-state index < -0.39 is 48.9 Å². The van der Waals surface area contributed by atoms with Gasteiger partial charge in [-0.15, -0.1) is 0 Å². The average Bonchev–Trinajstić information content (AvgIpc) is 2.84. The molecule has 4 rings (SSSR count). The summed E-state index contributed by atoms with van der Waals surface area (Å²) < 4.78 is 22.1. The zero-order chi connectivity index (χ0) is 26.0. The number of rotatable bonds is 8. The van der Waals surface area contributed by atoms with Crippen molar-refractivity contribution in [2.45, 2.75) is 43.5 Å². The molecule has 0 unspecified atom stereocenters. The van der Waals surface area contributed by atoms with Crippen molar-refractivity contribution >= 4 is 16.9 Å². The standard InChI is InChI=1S/C24H24O12/c25-10-18-21(30)22(31)23(32)24(36-18)35-17-9-14(26)12(2-5-19(27)28)7-16(17)33-13-4-1-11-3-6-20(29)34-15(11)8-13/h1,3-4,6-9,18,21-26,30-32H,2,5,10H2,(H,27,28)/t18-,21+,22-,23-,24+/m0/s1. The van der Waals surface area contributed by atoms with Crippen LogP contribution in [0.2, 0.25) is 0 Å². The largest absolute Gasteiger partial charge is 0.508 e. The van der Waals surface area contributed by atoms with Crippen molar-refractivity contribution in [2.24, 2.45) is 0 Å². The highest BCUT2D eigenvalue weighted by Crippen LogP contribution is 2.40. The molecular formula is C24H24O12. The molecule has 6 N–H and O–H groups in total. The molecule has 0 spiro atoms. The molecule has 0 saturated carbocycles. The van der Waals surface area contributed by atoms with Crippen molar-refractivity contribution in [3.63, 3.8) is 0 Å². The minimum absolute atomic E-state index is 0.0252. The monoisotopic (exact) mass is 504 g/mol. The molecular weight excluding hydrogens is 480 g/mol. The van der Waals surface area contributed by atoms with Gasteiger partial charge in [0.1, 0.15) is 41.5 Å². The van der Waals surface area contributed by atoms with E-state index in [0.29, 0.717) is 5.39 Å². The van der Waals surface area contributed by atoms with E-state index in [0.717, 1.165) is 6.07 Å². The highest BCUT2D eigenvalue weighted by molar-refractivity contribution is 5.78. The number of carboxylic acid groups (broad SMARTS) is 1. The van der Waals surface area contributed by atoms with E-state index >= 15 is 0 Å². The van der Waals surface area contributed by atoms with E-state index in [2.05, 4.69) is 0 Å². The maximum Gasteiger partial charge on any atom is 0.336 e. The van der Waals surface area contributed by atoms with Gasteiger partial charge in [-0.05, 0) is 36.2 Å². The Labute approximate surface area is 203 Å². The number of carbonyl (C=O) groups is 1. The smallest absolute Gasteiger partial charge is 0.336 e. The average molecular weight is 504 g/mol. The number of ether oxygens (including phenoxy) is 3. The quantitative estimate of drug-likeness (QED) is 0.233. The van der Waals surface area contributed by atoms with E-state index in [1.165, 1.54) is 18.2 Å². The number of aryl methyl sites for hydroxylation is 1. The molecule has 192 valence electrons. The molecule has 0 amide bonds. The van der Waals surface area contributed by atoms with E-state index in [9.17, 15) is 35.1 Å². The van der Waals surface area contributed by atoms with Crippen molar-refractivity contribution in [1.29, 1.82) is 0 Å². The zero-order valence-corrected chi connectivity index (χ0v) is 18.7. The number of hydrogen-bond acceptors (Lipinski definition) is 11. The molecule has 1 aliphatic rings. The molecule has 1 aromatic heterocycles. The third-order valence-electron chi connectivity index (χ3n) is 5.67. The first-order valence-corrected chi connectivity index (χ1v) is 10.9. The van der Waals surface area contributed by atoms with Gasteiger partial charge in [-0.1, -0.05) is 0 Å². The summed E-state index contributed by atoms with van der Waals surface area (Å²) in [4.78, 5) is 22.6. The second kappa shape index (κ2) is 10.5. The Bertz CT molecular complexity index is 1300. The predicted octanol–water partition coefficient (Wildman–Crippen LogP) is 0.487. The molecule has 1 saturated heterocycles. The summed E-state index contributed by atoms with van der Waals surface area (Å²) in [7, 11) is 0. The lowest BCUT2D eigenvalue weighted by molar-refractivity contribution is -0.277. The normalized spacial score (nSPS) is 23.9. The Balaban J connectivity index is 1.69. The molecule has 0 aliphatic carbocycles. The van der Waals surface area contributed by atoms with Crippen LogP contribution in [0.25, 0.3) is 11.0 Å². The van der Waals surface area contributed by atoms with Crippen molar-refractivity contribution in [3.8, 4) is 23.0 Å². The minimum atomic E-state index is -1.72. The van der Waals surface area contributed by atoms with Gasteiger partial charge in [0.15, 0.2) is 11.5 Å². The Morgan fingerprint density at radius 3 is 2.44 bits per heavy atom. The molecule has 1 aliphatic heterocycles. The van der Waals surface area contributed by atoms with Crippen molar-refractivity contribution < 1.29 is 54.1 Å². The van der Waals surface area contributed by atoms with Crippen LogP contribution in [0.15, 0.2) is 51.7 Å². The van der Waals surface area contributed by atoms with Crippen LogP contribution in [0, 0.1) is 0 Å². The number of aliphatic hydroxyl groups excluding tert-OH is 4. The number of benzene rings is 2. The second-order valence-electron chi connectivity index (χ2n) is 8.19. The summed E-state index contributed by atoms with van der Waals surface area (Å²) in [5.74, 6) is -1.39. The van der Waals surface area contributed by atoms with Gasteiger partial charge in [0.05, 0.1) is 6.61 Å². The SMILES string of the molecule is O=C(O)CCc1cc(Oc2ccc3ccc(=O)oc3c2)c(O[C@@H]2O[C@@H](CO)[C@@H](O)[C@H](O)[C@@H]2O)cc1O. The number of phenols is 1. The van der Waals surface area contributed by atoms with Crippen LogP contribution in [0.3, 0.4) is 0 Å². The van der Waals surface area contributed by atoms with Gasteiger partial charge in [-0.3, -0.25) is 4.79 Å². The van der Waals surface area contributed by atoms with Gasteiger partial charge in [0.2, 0.25) is 6.29 Å². The third-order valence-corrected chi connectivity index (χ3v) is 5.67. The number of aliphatic hydroxyl groups is 4. The second-order valence-corrected chi connectivity index (χ2v) is 8.19. The molecule has 12 heteroatoms. The molecule has 3 aromatic rings. The topological polar surface area (TPSA) is 196 Å². The fraction of sp³-hybridized carbons (Fsp3) is 0.333. The Morgan fingerprint density at radius 1 is 0.972 bits per heavy atom. The minimum Gasteiger partial charge on any atom is -0.508 e. The summed E-state index contributed by atoms with van der Waals surface area (Å²) in [6.45, 7) is -0.671. The lowest BCUT2D eigenvalue weighted by Gasteiger charge is -2.39. The number of aliphatic carboxylic acids is 1. The first-order chi connectivity index (χ1) is 17.2. The summed E-state index contributed by atoms with van der Waals surface area (Å²) >= 11 is 0. The van der Waals surface area contributed by atoms with Crippen LogP contribution in [0.5, 0.6) is 23.0 Å². The van der Waals surface area contributed by atoms with Crippen LogP contribution in [-0.2, 0) is 16.0 Å². The number of carboxylic acids is 1. The van der Waals surface area contributed by atoms with Crippen LogP contribution in [0.4, 0.5) is 0 Å². The van der Waals surface area contributed by atoms with Crippen LogP contribution in [-0.4, -0.2) is 73.9 Å². The third kappa shape index (κ3) is 5.42. The number of hydrogen-bond donors (Lipinski definition) is 6. The van der Waals surface area contributed by atoms with Gasteiger partial charge < -0.3 is 49.3 Å². The first kappa shape index (κ1) is 25.4. The highest BCUT2D eigenvalue weighted by Gasteiger charge is 2.45. The molecule has 0 bridgehead atoms. The summed E-state index contributed by atoms with van der Waals surface area (Å²) in [6, 6.07) is 9.95. The summed E-state index contributed by atoms with van der Waals surface area (Å²) in [5.41, 5.74) is -0.103. The molecule has 1 fully saturated rings. The fourth-order valence-corrected chi connectivity index (χ4v) is 3.73. The van der Waals surface area contributed by atoms with E-state index in [1.54, 1.807) is 18.2 Å². The van der Waals surface area contributed by atoms with Gasteiger partial charge in [-0.25, -0.2) is 4.79 Å². The first-order valence-electron chi connectivity index (χ1n) is 10.9. The molecule has 0 radical (unpaired) electrons.